The molecule has 0 bridgehead atoms. The second kappa shape index (κ2) is 4.43. The predicted octanol–water partition coefficient (Wildman–Crippen LogP) is 1.89. The maximum atomic E-state index is 4.49. The zero-order valence-corrected chi connectivity index (χ0v) is 10.5. The molecule has 2 atom stereocenters. The fourth-order valence-electron chi connectivity index (χ4n) is 2.62. The molecule has 3 rings (SSSR count). The van der Waals surface area contributed by atoms with Crippen molar-refractivity contribution in [1.29, 1.82) is 0 Å². The van der Waals surface area contributed by atoms with Gasteiger partial charge in [0.2, 0.25) is 0 Å². The summed E-state index contributed by atoms with van der Waals surface area (Å²) in [5, 5.41) is 7.05. The number of hydrogen-bond acceptors (Lipinski definition) is 4. The van der Waals surface area contributed by atoms with Crippen LogP contribution in [0.1, 0.15) is 30.3 Å². The number of hydrogen-bond donors (Lipinski definition) is 1. The molecule has 16 heavy (non-hydrogen) atoms. The summed E-state index contributed by atoms with van der Waals surface area (Å²) < 4.78 is 0. The first-order valence-corrected chi connectivity index (χ1v) is 7.05. The van der Waals surface area contributed by atoms with Crippen LogP contribution in [-0.2, 0) is 0 Å². The minimum Gasteiger partial charge on any atom is -0.314 e. The topological polar surface area (TPSA) is 28.2 Å². The summed E-state index contributed by atoms with van der Waals surface area (Å²) in [5.41, 5.74) is 0. The lowest BCUT2D eigenvalue weighted by atomic mass is 10.0. The fraction of sp³-hybridized carbons (Fsp3) is 0.750. The Morgan fingerprint density at radius 3 is 3.06 bits per heavy atom. The average molecular weight is 237 g/mol. The number of nitrogens with zero attached hydrogens (tertiary/aromatic N) is 2. The number of aromatic nitrogens is 1. The van der Waals surface area contributed by atoms with Crippen molar-refractivity contribution in [2.24, 2.45) is 5.92 Å². The van der Waals surface area contributed by atoms with E-state index in [1.807, 2.05) is 6.20 Å². The summed E-state index contributed by atoms with van der Waals surface area (Å²) in [4.78, 5) is 6.95. The highest BCUT2D eigenvalue weighted by molar-refractivity contribution is 7.09. The Kier molecular flexibility index (Phi) is 2.96. The Labute approximate surface area is 101 Å². The molecule has 2 aliphatic rings. The smallest absolute Gasteiger partial charge is 0.110 e. The molecule has 1 aromatic rings. The van der Waals surface area contributed by atoms with E-state index in [4.69, 9.17) is 0 Å². The van der Waals surface area contributed by atoms with Crippen LogP contribution in [0.2, 0.25) is 0 Å². The average Bonchev–Trinajstić information content (AvgIpc) is 2.82. The zero-order valence-electron chi connectivity index (χ0n) is 9.72. The molecule has 88 valence electrons. The van der Waals surface area contributed by atoms with Crippen molar-refractivity contribution in [2.75, 3.05) is 20.1 Å². The molecule has 1 aliphatic carbocycles. The minimum absolute atomic E-state index is 0.547. The van der Waals surface area contributed by atoms with Crippen LogP contribution in [0.4, 0.5) is 0 Å². The lowest BCUT2D eigenvalue weighted by Gasteiger charge is -2.23. The predicted molar refractivity (Wildman–Crippen MR) is 66.6 cm³/mol. The molecule has 1 aliphatic heterocycles. The molecular formula is C12H19N3S. The van der Waals surface area contributed by atoms with Crippen molar-refractivity contribution in [3.63, 3.8) is 0 Å². The standard InChI is InChI=1S/C12H19N3S/c1-15-6-4-9(8-14-10-2-3-10)11(15)12-13-5-7-16-12/h5,7,9-11,14H,2-4,6,8H2,1H3. The number of thiazole rings is 1. The third-order valence-electron chi connectivity index (χ3n) is 3.72. The van der Waals surface area contributed by atoms with Crippen molar-refractivity contribution in [1.82, 2.24) is 15.2 Å². The quantitative estimate of drug-likeness (QED) is 0.867. The first kappa shape index (κ1) is 10.7. The zero-order chi connectivity index (χ0) is 11.0. The third-order valence-corrected chi connectivity index (χ3v) is 4.57. The Hall–Kier alpha value is -0.450. The summed E-state index contributed by atoms with van der Waals surface area (Å²) in [5.74, 6) is 0.747. The molecule has 1 N–H and O–H groups in total. The van der Waals surface area contributed by atoms with Crippen LogP contribution in [0.3, 0.4) is 0 Å². The molecular weight excluding hydrogens is 218 g/mol. The van der Waals surface area contributed by atoms with Crippen LogP contribution in [0.25, 0.3) is 0 Å². The number of nitrogens with one attached hydrogen (secondary N) is 1. The second-order valence-electron chi connectivity index (χ2n) is 5.03. The normalized spacial score (nSPS) is 31.1. The molecule has 4 heteroatoms. The second-order valence-corrected chi connectivity index (χ2v) is 5.95. The van der Waals surface area contributed by atoms with Gasteiger partial charge in [-0.2, -0.15) is 0 Å². The highest BCUT2D eigenvalue weighted by Gasteiger charge is 2.35. The van der Waals surface area contributed by atoms with Crippen LogP contribution in [0.15, 0.2) is 11.6 Å². The van der Waals surface area contributed by atoms with E-state index in [2.05, 4.69) is 27.6 Å². The van der Waals surface area contributed by atoms with Gasteiger partial charge in [0.1, 0.15) is 5.01 Å². The summed E-state index contributed by atoms with van der Waals surface area (Å²) in [6.45, 7) is 2.38. The van der Waals surface area contributed by atoms with Gasteiger partial charge in [-0.25, -0.2) is 4.98 Å². The summed E-state index contributed by atoms with van der Waals surface area (Å²) >= 11 is 1.80. The van der Waals surface area contributed by atoms with Crippen molar-refractivity contribution in [3.05, 3.63) is 16.6 Å². The van der Waals surface area contributed by atoms with Gasteiger partial charge in [-0.15, -0.1) is 11.3 Å². The van der Waals surface area contributed by atoms with E-state index in [1.54, 1.807) is 11.3 Å². The molecule has 3 nitrogen and oxygen atoms in total. The Balaban J connectivity index is 1.66. The van der Waals surface area contributed by atoms with Crippen LogP contribution in [0, 0.1) is 5.92 Å². The molecule has 1 aromatic heterocycles. The third kappa shape index (κ3) is 2.14. The van der Waals surface area contributed by atoms with Crippen LogP contribution >= 0.6 is 11.3 Å². The fourth-order valence-corrected chi connectivity index (χ4v) is 3.51. The largest absolute Gasteiger partial charge is 0.314 e. The summed E-state index contributed by atoms with van der Waals surface area (Å²) in [7, 11) is 2.23. The lowest BCUT2D eigenvalue weighted by molar-refractivity contribution is 0.271. The van der Waals surface area contributed by atoms with Crippen LogP contribution in [0.5, 0.6) is 0 Å². The van der Waals surface area contributed by atoms with Crippen molar-refractivity contribution >= 4 is 11.3 Å². The van der Waals surface area contributed by atoms with Gasteiger partial charge in [0.25, 0.3) is 0 Å². The highest BCUT2D eigenvalue weighted by atomic mass is 32.1. The van der Waals surface area contributed by atoms with E-state index >= 15 is 0 Å². The maximum Gasteiger partial charge on any atom is 0.110 e. The van der Waals surface area contributed by atoms with Crippen molar-refractivity contribution < 1.29 is 0 Å². The van der Waals surface area contributed by atoms with Crippen LogP contribution < -0.4 is 5.32 Å². The van der Waals surface area contributed by atoms with Crippen molar-refractivity contribution in [3.8, 4) is 0 Å². The SMILES string of the molecule is CN1CCC(CNC2CC2)C1c1nccs1. The Bertz CT molecular complexity index is 334. The van der Waals surface area contributed by atoms with Gasteiger partial charge >= 0.3 is 0 Å². The van der Waals surface area contributed by atoms with E-state index in [-0.39, 0.29) is 0 Å². The van der Waals surface area contributed by atoms with E-state index in [0.717, 1.165) is 12.0 Å². The Morgan fingerprint density at radius 1 is 1.50 bits per heavy atom. The van der Waals surface area contributed by atoms with Gasteiger partial charge in [-0.1, -0.05) is 0 Å². The van der Waals surface area contributed by atoms with Crippen molar-refractivity contribution in [2.45, 2.75) is 31.3 Å². The monoisotopic (exact) mass is 237 g/mol. The number of rotatable bonds is 4. The first-order valence-electron chi connectivity index (χ1n) is 6.17. The van der Waals surface area contributed by atoms with Gasteiger partial charge in [-0.3, -0.25) is 4.90 Å². The molecule has 1 saturated carbocycles. The molecule has 2 fully saturated rings. The van der Waals surface area contributed by atoms with E-state index in [0.29, 0.717) is 6.04 Å². The summed E-state index contributed by atoms with van der Waals surface area (Å²) in [6.07, 6.45) is 5.99. The van der Waals surface area contributed by atoms with Gasteiger partial charge in [-0.05, 0) is 38.8 Å². The first-order chi connectivity index (χ1) is 7.84. The summed E-state index contributed by atoms with van der Waals surface area (Å²) in [6, 6.07) is 1.37. The molecule has 0 radical (unpaired) electrons. The van der Waals surface area contributed by atoms with Gasteiger partial charge in [0, 0.05) is 24.2 Å². The highest BCUT2D eigenvalue weighted by Crippen LogP contribution is 2.37. The molecule has 2 heterocycles. The van der Waals surface area contributed by atoms with E-state index in [1.165, 1.54) is 37.4 Å². The van der Waals surface area contributed by atoms with Crippen LogP contribution in [-0.4, -0.2) is 36.1 Å². The molecule has 2 unspecified atom stereocenters. The van der Waals surface area contributed by atoms with Gasteiger partial charge < -0.3 is 5.32 Å². The molecule has 0 amide bonds. The molecule has 1 saturated heterocycles. The van der Waals surface area contributed by atoms with E-state index < -0.39 is 0 Å². The lowest BCUT2D eigenvalue weighted by Crippen LogP contribution is -2.29. The maximum absolute atomic E-state index is 4.49. The van der Waals surface area contributed by atoms with E-state index in [9.17, 15) is 0 Å². The Morgan fingerprint density at radius 2 is 2.38 bits per heavy atom. The minimum atomic E-state index is 0.547. The molecule has 0 aromatic carbocycles. The van der Waals surface area contributed by atoms with Gasteiger partial charge in [0.05, 0.1) is 6.04 Å². The van der Waals surface area contributed by atoms with Gasteiger partial charge in [0.15, 0.2) is 0 Å². The molecule has 0 spiro atoms. The number of likely N-dealkylation sites (tertiary alicyclic amines) is 1.